The summed E-state index contributed by atoms with van der Waals surface area (Å²) in [5.41, 5.74) is 35.5. The van der Waals surface area contributed by atoms with Crippen LogP contribution >= 0.6 is 0 Å². The molecule has 3 aliphatic rings. The van der Waals surface area contributed by atoms with E-state index in [-0.39, 0.29) is 19.5 Å². The summed E-state index contributed by atoms with van der Waals surface area (Å²) in [5, 5.41) is 61.4. The SMILES string of the molecule is CC(O[C@H]1OC(CN)[C@@H](O)C(O)C1N)[C@@H](CO)OCOC1C(O)[C@H](N)CC(N)[C@H]1O[C@H]1OC(CN)[C@@H](O)C(O)C1N. The van der Waals surface area contributed by atoms with Gasteiger partial charge in [-0.1, -0.05) is 0 Å². The van der Waals surface area contributed by atoms with Gasteiger partial charge in [0.1, 0.15) is 61.7 Å². The highest BCUT2D eigenvalue weighted by Crippen LogP contribution is 2.29. The number of hydrogen-bond acceptors (Lipinski definition) is 18. The summed E-state index contributed by atoms with van der Waals surface area (Å²) in [5.74, 6) is 0. The average Bonchev–Trinajstić information content (AvgIpc) is 2.95. The Bertz CT molecular complexity index is 791. The fraction of sp³-hybridized carbons (Fsp3) is 1.00. The largest absolute Gasteiger partial charge is 0.394 e. The molecule has 17 atom stereocenters. The predicted molar refractivity (Wildman–Crippen MR) is 139 cm³/mol. The van der Waals surface area contributed by atoms with Crippen molar-refractivity contribution in [1.82, 2.24) is 0 Å². The Morgan fingerprint density at radius 1 is 0.756 bits per heavy atom. The lowest BCUT2D eigenvalue weighted by atomic mass is 9.84. The van der Waals surface area contributed by atoms with Gasteiger partial charge < -0.3 is 93.5 Å². The van der Waals surface area contributed by atoms with Gasteiger partial charge in [0.25, 0.3) is 0 Å². The molecule has 1 aliphatic carbocycles. The van der Waals surface area contributed by atoms with Crippen LogP contribution in [0.3, 0.4) is 0 Å². The Labute approximate surface area is 237 Å². The zero-order valence-electron chi connectivity index (χ0n) is 22.9. The Morgan fingerprint density at radius 2 is 1.29 bits per heavy atom. The lowest BCUT2D eigenvalue weighted by Crippen LogP contribution is -2.67. The summed E-state index contributed by atoms with van der Waals surface area (Å²) < 4.78 is 34.4. The molecule has 3 rings (SSSR count). The molecule has 0 aromatic rings. The second kappa shape index (κ2) is 15.3. The molecule has 0 radical (unpaired) electrons. The highest BCUT2D eigenvalue weighted by Gasteiger charge is 2.49. The van der Waals surface area contributed by atoms with Gasteiger partial charge in [-0.3, -0.25) is 0 Å². The molecule has 0 aromatic carbocycles. The highest BCUT2D eigenvalue weighted by molar-refractivity contribution is 5.00. The first-order valence-corrected chi connectivity index (χ1v) is 13.6. The van der Waals surface area contributed by atoms with Crippen LogP contribution in [0.4, 0.5) is 0 Å². The van der Waals surface area contributed by atoms with Gasteiger partial charge in [-0.05, 0) is 13.3 Å². The molecule has 2 saturated heterocycles. The third kappa shape index (κ3) is 7.87. The van der Waals surface area contributed by atoms with E-state index in [9.17, 15) is 30.6 Å². The third-order valence-electron chi connectivity index (χ3n) is 7.91. The molecule has 41 heavy (non-hydrogen) atoms. The van der Waals surface area contributed by atoms with E-state index in [0.717, 1.165) is 0 Å². The summed E-state index contributed by atoms with van der Waals surface area (Å²) in [4.78, 5) is 0. The smallest absolute Gasteiger partial charge is 0.176 e. The standard InChI is InChI=1S/C23H48N6O12/c1-7(38-22-13(28)18(34)16(32)10(3-24)39-22)12(5-30)36-6-37-21-15(31)8(26)2-9(27)20(21)41-23-14(29)19(35)17(33)11(4-25)40-23/h7-23,30-35H,2-6,24-29H2,1H3/t7?,8-,9?,10?,11?,12-,13?,14?,15?,16-,17-,18?,19?,20-,21?,22+,23-/m1/s1. The van der Waals surface area contributed by atoms with E-state index in [1.807, 2.05) is 0 Å². The van der Waals surface area contributed by atoms with Gasteiger partial charge in [-0.25, -0.2) is 0 Å². The number of ether oxygens (including phenoxy) is 6. The lowest BCUT2D eigenvalue weighted by Gasteiger charge is -2.46. The first kappa shape index (κ1) is 34.8. The van der Waals surface area contributed by atoms with Crippen LogP contribution in [-0.2, 0) is 28.4 Å². The molecule has 10 unspecified atom stereocenters. The van der Waals surface area contributed by atoms with Gasteiger partial charge in [0.05, 0.1) is 30.9 Å². The Balaban J connectivity index is 1.62. The zero-order valence-corrected chi connectivity index (χ0v) is 22.9. The quantitative estimate of drug-likeness (QED) is 0.0925. The zero-order chi connectivity index (χ0) is 30.6. The second-order valence-electron chi connectivity index (χ2n) is 10.8. The maximum absolute atomic E-state index is 10.8. The molecule has 18 N–H and O–H groups in total. The van der Waals surface area contributed by atoms with Crippen LogP contribution in [0.15, 0.2) is 0 Å². The Kier molecular flexibility index (Phi) is 13.0. The van der Waals surface area contributed by atoms with Crippen LogP contribution in [-0.4, -0.2) is 161 Å². The number of aliphatic hydroxyl groups is 6. The minimum absolute atomic E-state index is 0.0899. The molecule has 18 heteroatoms. The Hall–Kier alpha value is -0.720. The van der Waals surface area contributed by atoms with Gasteiger partial charge in [-0.15, -0.1) is 0 Å². The molecule has 0 spiro atoms. The van der Waals surface area contributed by atoms with E-state index in [2.05, 4.69) is 0 Å². The topological polar surface area (TPSA) is 333 Å². The van der Waals surface area contributed by atoms with E-state index in [1.54, 1.807) is 6.92 Å². The lowest BCUT2D eigenvalue weighted by molar-refractivity contribution is -0.301. The molecule has 2 heterocycles. The van der Waals surface area contributed by atoms with Gasteiger partial charge in [-0.2, -0.15) is 0 Å². The van der Waals surface area contributed by atoms with Crippen molar-refractivity contribution in [2.45, 2.75) is 117 Å². The van der Waals surface area contributed by atoms with E-state index < -0.39 is 117 Å². The van der Waals surface area contributed by atoms with Crippen molar-refractivity contribution in [1.29, 1.82) is 0 Å². The molecule has 2 aliphatic heterocycles. The first-order valence-electron chi connectivity index (χ1n) is 13.6. The molecule has 0 amide bonds. The van der Waals surface area contributed by atoms with E-state index >= 15 is 0 Å². The first-order chi connectivity index (χ1) is 19.4. The second-order valence-corrected chi connectivity index (χ2v) is 10.8. The van der Waals surface area contributed by atoms with Crippen LogP contribution in [0.2, 0.25) is 0 Å². The summed E-state index contributed by atoms with van der Waals surface area (Å²) in [6.45, 7) is 0.362. The fourth-order valence-corrected chi connectivity index (χ4v) is 5.18. The van der Waals surface area contributed by atoms with Crippen LogP contribution in [0.5, 0.6) is 0 Å². The van der Waals surface area contributed by atoms with E-state index in [0.29, 0.717) is 0 Å². The minimum Gasteiger partial charge on any atom is -0.394 e. The van der Waals surface area contributed by atoms with Crippen LogP contribution in [0.1, 0.15) is 13.3 Å². The fourth-order valence-electron chi connectivity index (χ4n) is 5.18. The molecule has 1 saturated carbocycles. The van der Waals surface area contributed by atoms with Crippen LogP contribution < -0.4 is 34.4 Å². The normalized spacial score (nSPS) is 47.2. The van der Waals surface area contributed by atoms with Gasteiger partial charge in [0.2, 0.25) is 0 Å². The predicted octanol–water partition coefficient (Wildman–Crippen LogP) is -7.62. The third-order valence-corrected chi connectivity index (χ3v) is 7.91. The molecular weight excluding hydrogens is 552 g/mol. The summed E-state index contributed by atoms with van der Waals surface area (Å²) in [6, 6.07) is -3.77. The maximum atomic E-state index is 10.8. The summed E-state index contributed by atoms with van der Waals surface area (Å²) in [7, 11) is 0. The molecule has 242 valence electrons. The number of aliphatic hydroxyl groups excluding tert-OH is 6. The average molecular weight is 601 g/mol. The maximum Gasteiger partial charge on any atom is 0.176 e. The van der Waals surface area contributed by atoms with Crippen molar-refractivity contribution < 1.29 is 59.1 Å². The van der Waals surface area contributed by atoms with Crippen LogP contribution in [0, 0.1) is 0 Å². The molecular formula is C23H48N6O12. The van der Waals surface area contributed by atoms with Crippen molar-refractivity contribution in [3.63, 3.8) is 0 Å². The number of hydrogen-bond donors (Lipinski definition) is 12. The van der Waals surface area contributed by atoms with Gasteiger partial charge in [0, 0.05) is 25.2 Å². The monoisotopic (exact) mass is 600 g/mol. The molecule has 0 aromatic heterocycles. The van der Waals surface area contributed by atoms with Crippen molar-refractivity contribution in [2.24, 2.45) is 34.4 Å². The van der Waals surface area contributed by atoms with Crippen LogP contribution in [0.25, 0.3) is 0 Å². The minimum atomic E-state index is -1.39. The summed E-state index contributed by atoms with van der Waals surface area (Å²) >= 11 is 0. The van der Waals surface area contributed by atoms with Gasteiger partial charge in [0.15, 0.2) is 12.6 Å². The molecule has 3 fully saturated rings. The van der Waals surface area contributed by atoms with Crippen molar-refractivity contribution in [2.75, 3.05) is 26.5 Å². The van der Waals surface area contributed by atoms with Gasteiger partial charge >= 0.3 is 0 Å². The number of nitrogens with two attached hydrogens (primary N) is 6. The van der Waals surface area contributed by atoms with E-state index in [4.69, 9.17) is 62.8 Å². The molecule has 0 bridgehead atoms. The summed E-state index contributed by atoms with van der Waals surface area (Å²) in [6.07, 6.45) is -14.7. The Morgan fingerprint density at radius 3 is 1.83 bits per heavy atom. The van der Waals surface area contributed by atoms with Crippen molar-refractivity contribution in [3.8, 4) is 0 Å². The van der Waals surface area contributed by atoms with Crippen molar-refractivity contribution >= 4 is 0 Å². The number of rotatable bonds is 12. The highest BCUT2D eigenvalue weighted by atomic mass is 16.7. The van der Waals surface area contributed by atoms with E-state index in [1.165, 1.54) is 0 Å². The molecule has 18 nitrogen and oxygen atoms in total. The van der Waals surface area contributed by atoms with Crippen molar-refractivity contribution in [3.05, 3.63) is 0 Å².